The molecule has 0 atom stereocenters. The maximum Gasteiger partial charge on any atom is 0.0645 e. The number of rotatable bonds is 8. The predicted octanol–water partition coefficient (Wildman–Crippen LogP) is 2.37. The molecule has 14 heavy (non-hydrogen) atoms. The third-order valence-electron chi connectivity index (χ3n) is 2.26. The van der Waals surface area contributed by atoms with Gasteiger partial charge in [-0.3, -0.25) is 0 Å². The topological polar surface area (TPSA) is 42.2 Å². The molecule has 0 saturated heterocycles. The Morgan fingerprint density at radius 2 is 1.79 bits per heavy atom. The Labute approximate surface area is 87.0 Å². The van der Waals surface area contributed by atoms with Crippen molar-refractivity contribution in [1.29, 1.82) is 5.26 Å². The highest BCUT2D eigenvalue weighted by atomic mass is 16.5. The third-order valence-corrected chi connectivity index (χ3v) is 2.26. The first-order chi connectivity index (χ1) is 6.62. The Morgan fingerprint density at radius 3 is 2.36 bits per heavy atom. The van der Waals surface area contributed by atoms with Crippen LogP contribution in [0.15, 0.2) is 0 Å². The second-order valence-electron chi connectivity index (χ2n) is 4.18. The molecule has 0 N–H and O–H groups in total. The monoisotopic (exact) mass is 199 g/mol. The van der Waals surface area contributed by atoms with E-state index in [2.05, 4.69) is 19.9 Å². The maximum atomic E-state index is 8.30. The van der Waals surface area contributed by atoms with Crippen LogP contribution in [0.4, 0.5) is 0 Å². The lowest BCUT2D eigenvalue weighted by Gasteiger charge is -2.23. The van der Waals surface area contributed by atoms with Gasteiger partial charge in [0.2, 0.25) is 0 Å². The molecule has 0 spiro atoms. The summed E-state index contributed by atoms with van der Waals surface area (Å²) in [6.07, 6.45) is 2.55. The van der Waals surface area contributed by atoms with Crippen molar-refractivity contribution in [2.24, 2.45) is 5.41 Å². The normalized spacial score (nSPS) is 11.3. The fourth-order valence-electron chi connectivity index (χ4n) is 1.07. The summed E-state index contributed by atoms with van der Waals surface area (Å²) < 4.78 is 10.4. The van der Waals surface area contributed by atoms with Crippen molar-refractivity contribution in [2.45, 2.75) is 33.1 Å². The van der Waals surface area contributed by atoms with Crippen LogP contribution in [0.2, 0.25) is 0 Å². The quantitative estimate of drug-likeness (QED) is 0.564. The Morgan fingerprint density at radius 1 is 1.14 bits per heavy atom. The van der Waals surface area contributed by atoms with E-state index in [9.17, 15) is 0 Å². The highest BCUT2D eigenvalue weighted by Gasteiger charge is 2.16. The van der Waals surface area contributed by atoms with Gasteiger partial charge in [0.1, 0.15) is 0 Å². The van der Waals surface area contributed by atoms with Gasteiger partial charge < -0.3 is 9.47 Å². The minimum Gasteiger partial charge on any atom is -0.385 e. The average Bonchev–Trinajstić information content (AvgIpc) is 2.15. The molecule has 0 fully saturated rings. The fraction of sp³-hybridized carbons (Fsp3) is 0.909. The van der Waals surface area contributed by atoms with Gasteiger partial charge >= 0.3 is 0 Å². The second-order valence-corrected chi connectivity index (χ2v) is 4.18. The summed E-state index contributed by atoms with van der Waals surface area (Å²) in [7, 11) is 1.72. The Hall–Kier alpha value is -0.590. The lowest BCUT2D eigenvalue weighted by Crippen LogP contribution is -2.17. The molecular formula is C11H21NO2. The van der Waals surface area contributed by atoms with Gasteiger partial charge in [0.15, 0.2) is 0 Å². The molecular weight excluding hydrogens is 178 g/mol. The third kappa shape index (κ3) is 8.03. The summed E-state index contributed by atoms with van der Waals surface area (Å²) in [5, 5.41) is 8.30. The minimum absolute atomic E-state index is 0.267. The number of ether oxygens (including phenoxy) is 2. The first-order valence-electron chi connectivity index (χ1n) is 5.06. The van der Waals surface area contributed by atoms with Gasteiger partial charge in [-0.2, -0.15) is 5.26 Å². The molecule has 0 unspecified atom stereocenters. The first kappa shape index (κ1) is 13.4. The van der Waals surface area contributed by atoms with Crippen LogP contribution in [0.3, 0.4) is 0 Å². The van der Waals surface area contributed by atoms with Gasteiger partial charge in [0, 0.05) is 20.3 Å². The van der Waals surface area contributed by atoms with Crippen molar-refractivity contribution in [3.05, 3.63) is 0 Å². The van der Waals surface area contributed by atoms with Gasteiger partial charge in [-0.05, 0) is 18.3 Å². The van der Waals surface area contributed by atoms with Crippen LogP contribution in [0.5, 0.6) is 0 Å². The molecule has 82 valence electrons. The smallest absolute Gasteiger partial charge is 0.0645 e. The summed E-state index contributed by atoms with van der Waals surface area (Å²) in [5.74, 6) is 0. The molecule has 3 nitrogen and oxygen atoms in total. The lowest BCUT2D eigenvalue weighted by atomic mass is 9.86. The Bertz CT molecular complexity index is 173. The molecule has 0 aliphatic carbocycles. The van der Waals surface area contributed by atoms with E-state index in [0.717, 1.165) is 26.1 Å². The van der Waals surface area contributed by atoms with E-state index in [1.54, 1.807) is 7.11 Å². The number of hydrogen-bond acceptors (Lipinski definition) is 3. The highest BCUT2D eigenvalue weighted by molar-refractivity contribution is 4.69. The highest BCUT2D eigenvalue weighted by Crippen LogP contribution is 2.24. The zero-order valence-corrected chi connectivity index (χ0v) is 9.51. The molecule has 0 radical (unpaired) electrons. The second kappa shape index (κ2) is 7.78. The Balaban J connectivity index is 3.41. The van der Waals surface area contributed by atoms with Crippen LogP contribution in [-0.2, 0) is 9.47 Å². The number of methoxy groups -OCH3 is 1. The number of hydrogen-bond donors (Lipinski definition) is 0. The molecule has 3 heteroatoms. The summed E-state index contributed by atoms with van der Waals surface area (Å²) in [6, 6.07) is 2.05. The van der Waals surface area contributed by atoms with E-state index in [1.165, 1.54) is 0 Å². The molecule has 0 rings (SSSR count). The van der Waals surface area contributed by atoms with Crippen LogP contribution in [0.25, 0.3) is 0 Å². The molecule has 0 aliphatic rings. The van der Waals surface area contributed by atoms with Crippen molar-refractivity contribution in [1.82, 2.24) is 0 Å². The van der Waals surface area contributed by atoms with E-state index in [1.807, 2.05) is 0 Å². The van der Waals surface area contributed by atoms with E-state index in [0.29, 0.717) is 13.0 Å². The lowest BCUT2D eigenvalue weighted by molar-refractivity contribution is 0.0890. The van der Waals surface area contributed by atoms with Crippen LogP contribution in [-0.4, -0.2) is 26.9 Å². The summed E-state index contributed by atoms with van der Waals surface area (Å²) in [5.41, 5.74) is 0.267. The van der Waals surface area contributed by atoms with E-state index >= 15 is 0 Å². The average molecular weight is 199 g/mol. The first-order valence-corrected chi connectivity index (χ1v) is 5.06. The summed E-state index contributed by atoms with van der Waals surface area (Å²) >= 11 is 0. The van der Waals surface area contributed by atoms with E-state index in [-0.39, 0.29) is 5.41 Å². The van der Waals surface area contributed by atoms with Gasteiger partial charge in [-0.15, -0.1) is 0 Å². The Kier molecular flexibility index (Phi) is 7.45. The van der Waals surface area contributed by atoms with Crippen LogP contribution in [0.1, 0.15) is 33.1 Å². The van der Waals surface area contributed by atoms with Gasteiger partial charge in [-0.1, -0.05) is 13.8 Å². The predicted molar refractivity (Wildman–Crippen MR) is 55.9 cm³/mol. The zero-order valence-electron chi connectivity index (χ0n) is 9.51. The molecule has 0 bridgehead atoms. The largest absolute Gasteiger partial charge is 0.385 e. The molecule has 0 aromatic heterocycles. The molecule has 0 aromatic carbocycles. The molecule has 0 heterocycles. The van der Waals surface area contributed by atoms with Crippen LogP contribution >= 0.6 is 0 Å². The van der Waals surface area contributed by atoms with Gasteiger partial charge in [-0.25, -0.2) is 0 Å². The molecule has 0 aliphatic heterocycles. The van der Waals surface area contributed by atoms with Crippen LogP contribution < -0.4 is 0 Å². The number of nitrogens with zero attached hydrogens (tertiary/aromatic N) is 1. The van der Waals surface area contributed by atoms with Crippen molar-refractivity contribution in [3.63, 3.8) is 0 Å². The SMILES string of the molecule is COCCC(C)(C)CCOCCC#N. The van der Waals surface area contributed by atoms with Crippen molar-refractivity contribution < 1.29 is 9.47 Å². The fourth-order valence-corrected chi connectivity index (χ4v) is 1.07. The van der Waals surface area contributed by atoms with Gasteiger partial charge in [0.25, 0.3) is 0 Å². The standard InChI is InChI=1S/C11H21NO2/c1-11(2,5-9-13-3)6-10-14-8-4-7-12/h4-6,8-10H2,1-3H3. The number of nitriles is 1. The van der Waals surface area contributed by atoms with Crippen molar-refractivity contribution in [2.75, 3.05) is 26.9 Å². The molecule has 0 amide bonds. The van der Waals surface area contributed by atoms with E-state index in [4.69, 9.17) is 14.7 Å². The van der Waals surface area contributed by atoms with Gasteiger partial charge in [0.05, 0.1) is 19.1 Å². The van der Waals surface area contributed by atoms with Crippen molar-refractivity contribution in [3.8, 4) is 6.07 Å². The maximum absolute atomic E-state index is 8.30. The molecule has 0 aromatic rings. The molecule has 0 saturated carbocycles. The zero-order chi connectivity index (χ0) is 10.9. The minimum atomic E-state index is 0.267. The van der Waals surface area contributed by atoms with Crippen molar-refractivity contribution >= 4 is 0 Å². The summed E-state index contributed by atoms with van der Waals surface area (Å²) in [4.78, 5) is 0. The summed E-state index contributed by atoms with van der Waals surface area (Å²) in [6.45, 7) is 6.50. The van der Waals surface area contributed by atoms with E-state index < -0.39 is 0 Å². The van der Waals surface area contributed by atoms with Crippen LogP contribution in [0, 0.1) is 16.7 Å².